The molecule has 0 aromatic carbocycles. The maximum Gasteiger partial charge on any atom is 0.283 e. The van der Waals surface area contributed by atoms with Crippen LogP contribution in [0.15, 0.2) is 21.2 Å². The lowest BCUT2D eigenvalue weighted by Crippen LogP contribution is -2.37. The van der Waals surface area contributed by atoms with E-state index in [1.54, 1.807) is 6.26 Å². The van der Waals surface area contributed by atoms with Crippen LogP contribution in [0.5, 0.6) is 0 Å². The van der Waals surface area contributed by atoms with Crippen molar-refractivity contribution in [2.45, 2.75) is 45.8 Å². The molecule has 4 rings (SSSR count). The lowest BCUT2D eigenvalue weighted by Gasteiger charge is -2.22. The average Bonchev–Trinajstić information content (AvgIpc) is 3.23. The van der Waals surface area contributed by atoms with Crippen LogP contribution in [-0.4, -0.2) is 31.0 Å². The Labute approximate surface area is 132 Å². The minimum atomic E-state index is 0.323. The van der Waals surface area contributed by atoms with Crippen LogP contribution in [0.1, 0.15) is 29.5 Å². The van der Waals surface area contributed by atoms with E-state index in [0.29, 0.717) is 30.1 Å². The summed E-state index contributed by atoms with van der Waals surface area (Å²) >= 11 is 0. The van der Waals surface area contributed by atoms with Crippen LogP contribution < -0.4 is 5.32 Å². The van der Waals surface area contributed by atoms with E-state index in [1.807, 2.05) is 24.6 Å². The fraction of sp³-hybridized carbons (Fsp3) is 0.467. The van der Waals surface area contributed by atoms with Crippen molar-refractivity contribution in [3.63, 3.8) is 0 Å². The van der Waals surface area contributed by atoms with Gasteiger partial charge >= 0.3 is 0 Å². The Balaban J connectivity index is 1.39. The molecule has 1 atom stereocenters. The highest BCUT2D eigenvalue weighted by molar-refractivity contribution is 5.49. The number of aromatic nitrogens is 5. The van der Waals surface area contributed by atoms with Gasteiger partial charge in [0.1, 0.15) is 11.6 Å². The quantitative estimate of drug-likeness (QED) is 0.782. The van der Waals surface area contributed by atoms with Crippen LogP contribution in [0.2, 0.25) is 0 Å². The summed E-state index contributed by atoms with van der Waals surface area (Å²) in [5.74, 6) is 3.49. The van der Waals surface area contributed by atoms with E-state index in [9.17, 15) is 0 Å². The van der Waals surface area contributed by atoms with Gasteiger partial charge in [-0.2, -0.15) is 5.10 Å². The van der Waals surface area contributed by atoms with Gasteiger partial charge in [-0.25, -0.2) is 9.67 Å². The number of rotatable bonds is 4. The van der Waals surface area contributed by atoms with Crippen molar-refractivity contribution in [3.8, 4) is 11.7 Å². The van der Waals surface area contributed by atoms with Gasteiger partial charge in [-0.3, -0.25) is 0 Å². The minimum Gasteiger partial charge on any atom is -0.459 e. The summed E-state index contributed by atoms with van der Waals surface area (Å²) in [6, 6.07) is 2.20. The van der Waals surface area contributed by atoms with Gasteiger partial charge in [0.2, 0.25) is 5.89 Å². The first-order chi connectivity index (χ1) is 11.2. The molecule has 0 saturated heterocycles. The molecule has 3 aromatic rings. The van der Waals surface area contributed by atoms with Crippen molar-refractivity contribution in [2.24, 2.45) is 0 Å². The standard InChI is InChI=1S/C15H18N6O2/c1-9-5-6-22-14(9)15-19-18-13(23-15)7-16-11-3-4-12-17-10(2)20-21(12)8-11/h5-6,11,16H,3-4,7-8H2,1-2H3/t11-/m0/s1. The molecule has 0 fully saturated rings. The summed E-state index contributed by atoms with van der Waals surface area (Å²) in [5, 5.41) is 16.0. The van der Waals surface area contributed by atoms with Crippen LogP contribution in [0.25, 0.3) is 11.7 Å². The average molecular weight is 314 g/mol. The van der Waals surface area contributed by atoms with Crippen molar-refractivity contribution in [1.82, 2.24) is 30.3 Å². The first kappa shape index (κ1) is 14.1. The second kappa shape index (κ2) is 5.62. The molecule has 0 radical (unpaired) electrons. The third-order valence-electron chi connectivity index (χ3n) is 4.03. The molecule has 0 saturated carbocycles. The SMILES string of the molecule is Cc1nc2n(n1)C[C@@H](NCc1nnc(-c3occc3C)o1)CC2. The molecule has 1 N–H and O–H groups in total. The fourth-order valence-corrected chi connectivity index (χ4v) is 2.84. The zero-order valence-corrected chi connectivity index (χ0v) is 13.1. The number of aryl methyl sites for hydroxylation is 3. The molecular formula is C15H18N6O2. The number of hydrogen-bond donors (Lipinski definition) is 1. The van der Waals surface area contributed by atoms with Crippen LogP contribution in [-0.2, 0) is 19.5 Å². The van der Waals surface area contributed by atoms with Gasteiger partial charge < -0.3 is 14.2 Å². The first-order valence-electron chi connectivity index (χ1n) is 7.69. The number of fused-ring (bicyclic) bond motifs is 1. The van der Waals surface area contributed by atoms with E-state index >= 15 is 0 Å². The Bertz CT molecular complexity index is 818. The van der Waals surface area contributed by atoms with E-state index in [1.165, 1.54) is 0 Å². The summed E-state index contributed by atoms with van der Waals surface area (Å²) in [6.45, 7) is 5.21. The second-order valence-corrected chi connectivity index (χ2v) is 5.81. The van der Waals surface area contributed by atoms with Gasteiger partial charge in [-0.15, -0.1) is 10.2 Å². The normalized spacial score (nSPS) is 17.4. The summed E-state index contributed by atoms with van der Waals surface area (Å²) in [4.78, 5) is 4.42. The maximum atomic E-state index is 5.66. The van der Waals surface area contributed by atoms with Crippen molar-refractivity contribution in [2.75, 3.05) is 0 Å². The van der Waals surface area contributed by atoms with Gasteiger partial charge in [-0.1, -0.05) is 0 Å². The summed E-state index contributed by atoms with van der Waals surface area (Å²) < 4.78 is 13.0. The summed E-state index contributed by atoms with van der Waals surface area (Å²) in [6.07, 6.45) is 3.57. The van der Waals surface area contributed by atoms with E-state index in [4.69, 9.17) is 8.83 Å². The van der Waals surface area contributed by atoms with Gasteiger partial charge in [0.05, 0.1) is 19.4 Å². The fourth-order valence-electron chi connectivity index (χ4n) is 2.84. The third-order valence-corrected chi connectivity index (χ3v) is 4.03. The Morgan fingerprint density at radius 3 is 3.09 bits per heavy atom. The van der Waals surface area contributed by atoms with Crippen molar-refractivity contribution in [3.05, 3.63) is 35.4 Å². The zero-order valence-electron chi connectivity index (χ0n) is 13.1. The molecule has 3 aromatic heterocycles. The number of furan rings is 1. The Morgan fingerprint density at radius 2 is 2.26 bits per heavy atom. The monoisotopic (exact) mass is 314 g/mol. The van der Waals surface area contributed by atoms with Crippen LogP contribution in [0, 0.1) is 13.8 Å². The Kier molecular flexibility index (Phi) is 3.45. The highest BCUT2D eigenvalue weighted by atomic mass is 16.4. The molecule has 0 amide bonds. The lowest BCUT2D eigenvalue weighted by atomic mass is 10.1. The Morgan fingerprint density at radius 1 is 1.35 bits per heavy atom. The van der Waals surface area contributed by atoms with Crippen LogP contribution >= 0.6 is 0 Å². The molecule has 0 aliphatic carbocycles. The van der Waals surface area contributed by atoms with Crippen LogP contribution in [0.3, 0.4) is 0 Å². The van der Waals surface area contributed by atoms with Crippen molar-refractivity contribution < 1.29 is 8.83 Å². The van der Waals surface area contributed by atoms with Crippen LogP contribution in [0.4, 0.5) is 0 Å². The molecule has 1 aliphatic rings. The smallest absolute Gasteiger partial charge is 0.283 e. The maximum absolute atomic E-state index is 5.66. The topological polar surface area (TPSA) is 94.8 Å². The molecule has 0 bridgehead atoms. The zero-order chi connectivity index (χ0) is 15.8. The number of nitrogens with zero attached hydrogens (tertiary/aromatic N) is 5. The van der Waals surface area contributed by atoms with Gasteiger partial charge in [0, 0.05) is 18.0 Å². The lowest BCUT2D eigenvalue weighted by molar-refractivity contribution is 0.341. The minimum absolute atomic E-state index is 0.323. The first-order valence-corrected chi connectivity index (χ1v) is 7.69. The molecule has 23 heavy (non-hydrogen) atoms. The predicted octanol–water partition coefficient (Wildman–Crippen LogP) is 1.64. The molecule has 8 heteroatoms. The van der Waals surface area contributed by atoms with E-state index in [-0.39, 0.29) is 0 Å². The molecule has 120 valence electrons. The third kappa shape index (κ3) is 2.77. The highest BCUT2D eigenvalue weighted by Crippen LogP contribution is 2.22. The van der Waals surface area contributed by atoms with Crippen molar-refractivity contribution >= 4 is 0 Å². The van der Waals surface area contributed by atoms with E-state index in [2.05, 4.69) is 25.6 Å². The number of nitrogens with one attached hydrogen (secondary N) is 1. The number of hydrogen-bond acceptors (Lipinski definition) is 7. The molecular weight excluding hydrogens is 296 g/mol. The van der Waals surface area contributed by atoms with Gasteiger partial charge in [-0.05, 0) is 26.3 Å². The second-order valence-electron chi connectivity index (χ2n) is 5.81. The molecule has 4 heterocycles. The molecule has 1 aliphatic heterocycles. The Hall–Kier alpha value is -2.48. The summed E-state index contributed by atoms with van der Waals surface area (Å²) in [7, 11) is 0. The largest absolute Gasteiger partial charge is 0.459 e. The van der Waals surface area contributed by atoms with Gasteiger partial charge in [0.25, 0.3) is 5.89 Å². The van der Waals surface area contributed by atoms with Crippen molar-refractivity contribution in [1.29, 1.82) is 0 Å². The van der Waals surface area contributed by atoms with E-state index < -0.39 is 0 Å². The molecule has 0 spiro atoms. The van der Waals surface area contributed by atoms with Gasteiger partial charge in [0.15, 0.2) is 5.76 Å². The molecule has 0 unspecified atom stereocenters. The molecule has 8 nitrogen and oxygen atoms in total. The highest BCUT2D eigenvalue weighted by Gasteiger charge is 2.21. The predicted molar refractivity (Wildman–Crippen MR) is 80.4 cm³/mol. The summed E-state index contributed by atoms with van der Waals surface area (Å²) in [5.41, 5.74) is 0.981. The van der Waals surface area contributed by atoms with E-state index in [0.717, 1.165) is 36.6 Å².